The number of nitrogens with zero attached hydrogens (tertiary/aromatic N) is 4. The molecule has 12 heteroatoms. The number of fused-ring (bicyclic) bond motifs is 6. The summed E-state index contributed by atoms with van der Waals surface area (Å²) in [4.78, 5) is 19.4. The van der Waals surface area contributed by atoms with Crippen molar-refractivity contribution in [2.45, 2.75) is 84.2 Å². The van der Waals surface area contributed by atoms with Crippen molar-refractivity contribution in [1.29, 1.82) is 0 Å². The molecule has 3 aliphatic heterocycles. The quantitative estimate of drug-likeness (QED) is 0.383. The predicted molar refractivity (Wildman–Crippen MR) is 154 cm³/mol. The summed E-state index contributed by atoms with van der Waals surface area (Å²) >= 11 is 0. The molecule has 1 saturated heterocycles. The lowest BCUT2D eigenvalue weighted by Crippen LogP contribution is -2.45. The van der Waals surface area contributed by atoms with Crippen molar-refractivity contribution < 1.29 is 37.3 Å². The van der Waals surface area contributed by atoms with Crippen molar-refractivity contribution in [1.82, 2.24) is 14.6 Å². The number of aromatic nitrogens is 3. The minimum absolute atomic E-state index is 0.0570. The summed E-state index contributed by atoms with van der Waals surface area (Å²) in [5.74, 6) is -0.527. The van der Waals surface area contributed by atoms with Gasteiger partial charge in [-0.1, -0.05) is 18.2 Å². The number of piperidine rings is 1. The highest BCUT2D eigenvalue weighted by Crippen LogP contribution is 2.38. The lowest BCUT2D eigenvalue weighted by molar-refractivity contribution is -0.160. The Hall–Kier alpha value is -3.48. The molecule has 3 aliphatic rings. The van der Waals surface area contributed by atoms with Gasteiger partial charge in [0.25, 0.3) is 0 Å². The minimum atomic E-state index is -4.47. The molecule has 0 unspecified atom stereocenters. The standard InChI is InChI=1S/C31H37F3N4O5/c1-19-25(26(28(39)40)43-29(2,3)4)27-37-12-10-30(5,11-13-37)42-14-6-7-20-15-22(31(32,33)34)9-8-21(20)17-41-18-23-16-24(35-19)38(27)36-23/h6-9,15-16,26H,10-14,17-18H2,1-5H3,(H,39,40)/t26-/m0/s1. The summed E-state index contributed by atoms with van der Waals surface area (Å²) < 4.78 is 60.2. The third-order valence-corrected chi connectivity index (χ3v) is 7.74. The lowest BCUT2D eigenvalue weighted by Gasteiger charge is -2.41. The van der Waals surface area contributed by atoms with E-state index in [1.54, 1.807) is 50.4 Å². The lowest BCUT2D eigenvalue weighted by atomic mass is 9.92. The third-order valence-electron chi connectivity index (χ3n) is 7.74. The number of aryl methyl sites for hydroxylation is 1. The van der Waals surface area contributed by atoms with Crippen LogP contribution in [0, 0.1) is 6.92 Å². The van der Waals surface area contributed by atoms with E-state index in [0.29, 0.717) is 65.5 Å². The first-order valence-corrected chi connectivity index (χ1v) is 14.3. The molecule has 0 amide bonds. The number of anilines is 1. The van der Waals surface area contributed by atoms with Gasteiger partial charge in [0.1, 0.15) is 5.82 Å². The molecule has 0 spiro atoms. The fourth-order valence-electron chi connectivity index (χ4n) is 5.51. The summed E-state index contributed by atoms with van der Waals surface area (Å²) in [6.45, 7) is 10.7. The number of hydrogen-bond acceptors (Lipinski definition) is 7. The molecule has 0 radical (unpaired) electrons. The van der Waals surface area contributed by atoms with E-state index in [2.05, 4.69) is 4.90 Å². The zero-order valence-corrected chi connectivity index (χ0v) is 25.0. The van der Waals surface area contributed by atoms with Crippen LogP contribution >= 0.6 is 0 Å². The third kappa shape index (κ3) is 6.86. The Morgan fingerprint density at radius 1 is 1.14 bits per heavy atom. The van der Waals surface area contributed by atoms with E-state index in [0.717, 1.165) is 12.1 Å². The van der Waals surface area contributed by atoms with Gasteiger partial charge in [0.15, 0.2) is 11.8 Å². The van der Waals surface area contributed by atoms with Gasteiger partial charge in [0.05, 0.1) is 47.8 Å². The molecular formula is C31H37F3N4O5. The maximum atomic E-state index is 13.4. The van der Waals surface area contributed by atoms with Gasteiger partial charge < -0.3 is 24.2 Å². The maximum absolute atomic E-state index is 13.4. The molecule has 1 N–H and O–H groups in total. The van der Waals surface area contributed by atoms with Gasteiger partial charge in [-0.2, -0.15) is 22.8 Å². The van der Waals surface area contributed by atoms with Crippen LogP contribution in [-0.2, 0) is 38.4 Å². The molecule has 5 heterocycles. The van der Waals surface area contributed by atoms with E-state index >= 15 is 0 Å². The van der Waals surface area contributed by atoms with Crippen LogP contribution in [-0.4, -0.2) is 56.6 Å². The molecule has 232 valence electrons. The first-order valence-electron chi connectivity index (χ1n) is 14.3. The summed E-state index contributed by atoms with van der Waals surface area (Å²) in [5.41, 5.74) is 1.07. The number of carbonyl (C=O) groups is 1. The minimum Gasteiger partial charge on any atom is -0.479 e. The van der Waals surface area contributed by atoms with E-state index in [4.69, 9.17) is 24.3 Å². The SMILES string of the molecule is Cc1nc2cc3nn2c(c1[C@H](OC(C)(C)C)C(=O)O)N1CCC(C)(CC1)OCC=Cc1cc(C(F)(F)F)ccc1COC3. The van der Waals surface area contributed by atoms with Gasteiger partial charge in [0.2, 0.25) is 0 Å². The zero-order valence-electron chi connectivity index (χ0n) is 25.0. The smallest absolute Gasteiger partial charge is 0.416 e. The molecule has 6 rings (SSSR count). The van der Waals surface area contributed by atoms with Crippen LogP contribution in [0.2, 0.25) is 0 Å². The monoisotopic (exact) mass is 602 g/mol. The zero-order chi connectivity index (χ0) is 31.2. The van der Waals surface area contributed by atoms with Crippen molar-refractivity contribution in [3.63, 3.8) is 0 Å². The normalized spacial score (nSPS) is 18.6. The van der Waals surface area contributed by atoms with Gasteiger partial charge in [0, 0.05) is 24.8 Å². The molecular weight excluding hydrogens is 565 g/mol. The Labute approximate surface area is 248 Å². The van der Waals surface area contributed by atoms with Gasteiger partial charge in [-0.15, -0.1) is 0 Å². The average Bonchev–Trinajstić information content (AvgIpc) is 3.31. The van der Waals surface area contributed by atoms with Gasteiger partial charge >= 0.3 is 12.1 Å². The van der Waals surface area contributed by atoms with E-state index in [1.807, 2.05) is 6.92 Å². The Bertz CT molecular complexity index is 1530. The fourth-order valence-corrected chi connectivity index (χ4v) is 5.51. The number of ether oxygens (including phenoxy) is 3. The number of alkyl halides is 3. The first kappa shape index (κ1) is 31.0. The molecule has 0 aliphatic carbocycles. The Kier molecular flexibility index (Phi) is 8.32. The summed E-state index contributed by atoms with van der Waals surface area (Å²) in [6.07, 6.45) is -1.12. The van der Waals surface area contributed by atoms with Crippen LogP contribution in [0.3, 0.4) is 0 Å². The van der Waals surface area contributed by atoms with Crippen molar-refractivity contribution in [2.24, 2.45) is 0 Å². The molecule has 0 saturated carbocycles. The predicted octanol–water partition coefficient (Wildman–Crippen LogP) is 6.12. The highest BCUT2D eigenvalue weighted by molar-refractivity contribution is 5.78. The summed E-state index contributed by atoms with van der Waals surface area (Å²) in [5, 5.41) is 15.0. The van der Waals surface area contributed by atoms with Crippen LogP contribution in [0.4, 0.5) is 19.0 Å². The second-order valence-electron chi connectivity index (χ2n) is 12.3. The Balaban J connectivity index is 1.59. The Morgan fingerprint density at radius 2 is 1.86 bits per heavy atom. The number of carboxylic acid groups (broad SMARTS) is 1. The largest absolute Gasteiger partial charge is 0.479 e. The number of halogens is 3. The van der Waals surface area contributed by atoms with Crippen LogP contribution in [0.15, 0.2) is 30.3 Å². The van der Waals surface area contributed by atoms with Crippen LogP contribution in [0.1, 0.15) is 80.3 Å². The maximum Gasteiger partial charge on any atom is 0.416 e. The molecule has 2 aromatic heterocycles. The topological polar surface area (TPSA) is 98.4 Å². The van der Waals surface area contributed by atoms with E-state index in [9.17, 15) is 23.1 Å². The molecule has 1 aromatic carbocycles. The molecule has 9 nitrogen and oxygen atoms in total. The molecule has 3 aromatic rings. The van der Waals surface area contributed by atoms with Crippen molar-refractivity contribution in [3.05, 3.63) is 64.0 Å². The van der Waals surface area contributed by atoms with Crippen LogP contribution in [0.25, 0.3) is 11.7 Å². The number of benzene rings is 1. The van der Waals surface area contributed by atoms with E-state index < -0.39 is 35.0 Å². The molecule has 43 heavy (non-hydrogen) atoms. The molecule has 4 bridgehead atoms. The van der Waals surface area contributed by atoms with Crippen molar-refractivity contribution in [2.75, 3.05) is 24.6 Å². The Morgan fingerprint density at radius 3 is 2.51 bits per heavy atom. The van der Waals surface area contributed by atoms with Gasteiger partial charge in [-0.25, -0.2) is 9.78 Å². The molecule has 1 fully saturated rings. The number of aliphatic carboxylic acids is 1. The number of hydrogen-bond donors (Lipinski definition) is 1. The van der Waals surface area contributed by atoms with E-state index in [-0.39, 0.29) is 19.8 Å². The van der Waals surface area contributed by atoms with Crippen molar-refractivity contribution >= 4 is 23.5 Å². The van der Waals surface area contributed by atoms with Crippen LogP contribution in [0.5, 0.6) is 0 Å². The highest BCUT2D eigenvalue weighted by Gasteiger charge is 2.38. The number of carboxylic acids is 1. The fraction of sp³-hybridized carbons (Fsp3) is 0.516. The average molecular weight is 603 g/mol. The number of rotatable bonds is 3. The van der Waals surface area contributed by atoms with Gasteiger partial charge in [-0.05, 0) is 70.7 Å². The van der Waals surface area contributed by atoms with Gasteiger partial charge in [-0.3, -0.25) is 0 Å². The second kappa shape index (κ2) is 11.5. The van der Waals surface area contributed by atoms with Crippen LogP contribution < -0.4 is 4.90 Å². The first-order chi connectivity index (χ1) is 20.1. The molecule has 1 atom stereocenters. The van der Waals surface area contributed by atoms with E-state index in [1.165, 1.54) is 6.07 Å². The second-order valence-corrected chi connectivity index (χ2v) is 12.3. The summed E-state index contributed by atoms with van der Waals surface area (Å²) in [7, 11) is 0. The highest BCUT2D eigenvalue weighted by atomic mass is 19.4. The summed E-state index contributed by atoms with van der Waals surface area (Å²) in [6, 6.07) is 5.36. The van der Waals surface area contributed by atoms with Crippen molar-refractivity contribution in [3.8, 4) is 0 Å².